The van der Waals surface area contributed by atoms with Crippen LogP contribution >= 0.6 is 0 Å². The number of aliphatic hydroxyl groups is 1. The summed E-state index contributed by atoms with van der Waals surface area (Å²) in [5.41, 5.74) is 2.36. The fourth-order valence-corrected chi connectivity index (χ4v) is 2.22. The second kappa shape index (κ2) is 7.66. The van der Waals surface area contributed by atoms with E-state index in [2.05, 4.69) is 63.9 Å². The molecule has 0 saturated heterocycles. The topological polar surface area (TPSA) is 23.5 Å². The van der Waals surface area contributed by atoms with Crippen molar-refractivity contribution < 1.29 is 5.11 Å². The first-order valence-electron chi connectivity index (χ1n) is 7.41. The Morgan fingerprint density at radius 2 is 1.68 bits per heavy atom. The van der Waals surface area contributed by atoms with Gasteiger partial charge in [0.25, 0.3) is 0 Å². The van der Waals surface area contributed by atoms with E-state index in [0.29, 0.717) is 18.5 Å². The molecule has 2 nitrogen and oxygen atoms in total. The van der Waals surface area contributed by atoms with Gasteiger partial charge in [0.1, 0.15) is 0 Å². The molecule has 0 aromatic heterocycles. The average Bonchev–Trinajstić information content (AvgIpc) is 2.37. The van der Waals surface area contributed by atoms with Crippen LogP contribution < -0.4 is 0 Å². The second-order valence-corrected chi connectivity index (χ2v) is 6.05. The molecule has 2 heteroatoms. The number of aliphatic hydroxyl groups excluding tert-OH is 1. The first kappa shape index (κ1) is 16.2. The molecule has 1 N–H and O–H groups in total. The number of rotatable bonds is 7. The maximum atomic E-state index is 10.3. The van der Waals surface area contributed by atoms with Crippen LogP contribution in [0.4, 0.5) is 0 Å². The minimum Gasteiger partial charge on any atom is -0.387 e. The highest BCUT2D eigenvalue weighted by atomic mass is 16.3. The van der Waals surface area contributed by atoms with Gasteiger partial charge in [-0.3, -0.25) is 0 Å². The molecule has 0 fully saturated rings. The van der Waals surface area contributed by atoms with Crippen molar-refractivity contribution in [1.29, 1.82) is 0 Å². The lowest BCUT2D eigenvalue weighted by Crippen LogP contribution is -2.32. The molecule has 0 heterocycles. The molecule has 1 aromatic carbocycles. The van der Waals surface area contributed by atoms with E-state index >= 15 is 0 Å². The SMILES string of the molecule is CCC(C)N(C)CC(O)c1ccc(CC(C)C)cc1. The van der Waals surface area contributed by atoms with Crippen LogP contribution in [0.25, 0.3) is 0 Å². The predicted octanol–water partition coefficient (Wildman–Crippen LogP) is 3.65. The van der Waals surface area contributed by atoms with Gasteiger partial charge in [-0.1, -0.05) is 45.0 Å². The lowest BCUT2D eigenvalue weighted by Gasteiger charge is -2.26. The zero-order chi connectivity index (χ0) is 14.4. The van der Waals surface area contributed by atoms with Gasteiger partial charge in [0.2, 0.25) is 0 Å². The highest BCUT2D eigenvalue weighted by Gasteiger charge is 2.14. The van der Waals surface area contributed by atoms with Crippen LogP contribution in [0.15, 0.2) is 24.3 Å². The molecule has 0 radical (unpaired) electrons. The standard InChI is InChI=1S/C17H29NO/c1-6-14(4)18(5)12-17(19)16-9-7-15(8-10-16)11-13(2)3/h7-10,13-14,17,19H,6,11-12H2,1-5H3. The van der Waals surface area contributed by atoms with Gasteiger partial charge in [-0.05, 0) is 43.9 Å². The zero-order valence-corrected chi connectivity index (χ0v) is 13.1. The van der Waals surface area contributed by atoms with Crippen molar-refractivity contribution >= 4 is 0 Å². The van der Waals surface area contributed by atoms with Crippen molar-refractivity contribution in [2.24, 2.45) is 5.92 Å². The summed E-state index contributed by atoms with van der Waals surface area (Å²) in [7, 11) is 2.07. The minimum atomic E-state index is -0.396. The minimum absolute atomic E-state index is 0.396. The van der Waals surface area contributed by atoms with Gasteiger partial charge in [0.15, 0.2) is 0 Å². The Balaban J connectivity index is 2.60. The number of hydrogen-bond donors (Lipinski definition) is 1. The maximum Gasteiger partial charge on any atom is 0.0916 e. The summed E-state index contributed by atoms with van der Waals surface area (Å²) in [5, 5.41) is 10.3. The summed E-state index contributed by atoms with van der Waals surface area (Å²) in [6.45, 7) is 9.51. The molecule has 0 amide bonds. The van der Waals surface area contributed by atoms with Crippen molar-refractivity contribution in [1.82, 2.24) is 4.90 Å². The van der Waals surface area contributed by atoms with Crippen LogP contribution in [-0.4, -0.2) is 29.6 Å². The van der Waals surface area contributed by atoms with Gasteiger partial charge in [0.05, 0.1) is 6.10 Å². The average molecular weight is 263 g/mol. The molecular weight excluding hydrogens is 234 g/mol. The molecule has 0 bridgehead atoms. The van der Waals surface area contributed by atoms with Crippen molar-refractivity contribution in [3.05, 3.63) is 35.4 Å². The number of benzene rings is 1. The normalized spacial score (nSPS) is 14.9. The first-order valence-corrected chi connectivity index (χ1v) is 7.41. The van der Waals surface area contributed by atoms with Gasteiger partial charge in [0, 0.05) is 12.6 Å². The summed E-state index contributed by atoms with van der Waals surface area (Å²) >= 11 is 0. The summed E-state index contributed by atoms with van der Waals surface area (Å²) in [5.74, 6) is 0.673. The molecule has 1 aromatic rings. The smallest absolute Gasteiger partial charge is 0.0916 e. The monoisotopic (exact) mass is 263 g/mol. The summed E-state index contributed by atoms with van der Waals surface area (Å²) < 4.78 is 0. The molecule has 0 saturated carbocycles. The number of hydrogen-bond acceptors (Lipinski definition) is 2. The first-order chi connectivity index (χ1) is 8.93. The van der Waals surface area contributed by atoms with Gasteiger partial charge >= 0.3 is 0 Å². The molecule has 1 rings (SSSR count). The highest BCUT2D eigenvalue weighted by molar-refractivity contribution is 5.24. The third-order valence-electron chi connectivity index (χ3n) is 3.81. The van der Waals surface area contributed by atoms with E-state index in [1.165, 1.54) is 5.56 Å². The molecule has 0 aliphatic rings. The molecule has 19 heavy (non-hydrogen) atoms. The predicted molar refractivity (Wildman–Crippen MR) is 82.3 cm³/mol. The summed E-state index contributed by atoms with van der Waals surface area (Å²) in [4.78, 5) is 2.21. The highest BCUT2D eigenvalue weighted by Crippen LogP contribution is 2.17. The second-order valence-electron chi connectivity index (χ2n) is 6.05. The molecule has 0 spiro atoms. The molecule has 2 unspecified atom stereocenters. The van der Waals surface area contributed by atoms with Crippen LogP contribution in [0.5, 0.6) is 0 Å². The van der Waals surface area contributed by atoms with E-state index in [4.69, 9.17) is 0 Å². The molecule has 0 aliphatic carbocycles. The van der Waals surface area contributed by atoms with E-state index in [0.717, 1.165) is 18.4 Å². The van der Waals surface area contributed by atoms with E-state index < -0.39 is 6.10 Å². The Morgan fingerprint density at radius 1 is 1.11 bits per heavy atom. The van der Waals surface area contributed by atoms with Crippen molar-refractivity contribution in [3.63, 3.8) is 0 Å². The van der Waals surface area contributed by atoms with Crippen molar-refractivity contribution in [2.75, 3.05) is 13.6 Å². The van der Waals surface area contributed by atoms with Crippen LogP contribution in [0.1, 0.15) is 51.3 Å². The molecule has 2 atom stereocenters. The molecule has 108 valence electrons. The Kier molecular flexibility index (Phi) is 6.53. The Labute approximate surface area is 118 Å². The van der Waals surface area contributed by atoms with Gasteiger partial charge in [-0.25, -0.2) is 0 Å². The third-order valence-corrected chi connectivity index (χ3v) is 3.81. The molecular formula is C17H29NO. The van der Waals surface area contributed by atoms with E-state index in [1.807, 2.05) is 0 Å². The van der Waals surface area contributed by atoms with Gasteiger partial charge < -0.3 is 10.0 Å². The molecule has 0 aliphatic heterocycles. The quantitative estimate of drug-likeness (QED) is 0.811. The number of nitrogens with zero attached hydrogens (tertiary/aromatic N) is 1. The van der Waals surface area contributed by atoms with Crippen molar-refractivity contribution in [2.45, 2.75) is 52.7 Å². The van der Waals surface area contributed by atoms with Gasteiger partial charge in [-0.15, -0.1) is 0 Å². The van der Waals surface area contributed by atoms with Gasteiger partial charge in [-0.2, -0.15) is 0 Å². The zero-order valence-electron chi connectivity index (χ0n) is 13.1. The van der Waals surface area contributed by atoms with Crippen LogP contribution in [0.3, 0.4) is 0 Å². The Bertz CT molecular complexity index is 358. The van der Waals surface area contributed by atoms with Crippen LogP contribution in [-0.2, 0) is 6.42 Å². The summed E-state index contributed by atoms with van der Waals surface area (Å²) in [6, 6.07) is 8.92. The fraction of sp³-hybridized carbons (Fsp3) is 0.647. The maximum absolute atomic E-state index is 10.3. The van der Waals surface area contributed by atoms with Crippen LogP contribution in [0.2, 0.25) is 0 Å². The largest absolute Gasteiger partial charge is 0.387 e. The Hall–Kier alpha value is -0.860. The van der Waals surface area contributed by atoms with E-state index in [9.17, 15) is 5.11 Å². The van der Waals surface area contributed by atoms with Crippen LogP contribution in [0, 0.1) is 5.92 Å². The van der Waals surface area contributed by atoms with E-state index in [-0.39, 0.29) is 0 Å². The Morgan fingerprint density at radius 3 is 2.16 bits per heavy atom. The fourth-order valence-electron chi connectivity index (χ4n) is 2.22. The lowest BCUT2D eigenvalue weighted by molar-refractivity contribution is 0.107. The number of likely N-dealkylation sites (N-methyl/N-ethyl adjacent to an activating group) is 1. The van der Waals surface area contributed by atoms with E-state index in [1.54, 1.807) is 0 Å². The third kappa shape index (κ3) is 5.33. The summed E-state index contributed by atoms with van der Waals surface area (Å²) in [6.07, 6.45) is 1.81. The van der Waals surface area contributed by atoms with Crippen molar-refractivity contribution in [3.8, 4) is 0 Å². The lowest BCUT2D eigenvalue weighted by atomic mass is 10.00.